The van der Waals surface area contributed by atoms with Crippen molar-refractivity contribution in [2.75, 3.05) is 13.7 Å². The number of halogens is 3. The van der Waals surface area contributed by atoms with Crippen LogP contribution < -0.4 is 10.1 Å². The van der Waals surface area contributed by atoms with Gasteiger partial charge >= 0.3 is 6.18 Å². The van der Waals surface area contributed by atoms with Crippen molar-refractivity contribution in [3.63, 3.8) is 0 Å². The van der Waals surface area contributed by atoms with Gasteiger partial charge in [-0.05, 0) is 83.6 Å². The van der Waals surface area contributed by atoms with Crippen LogP contribution >= 0.6 is 0 Å². The molecule has 0 saturated heterocycles. The number of rotatable bonds is 8. The molecule has 2 nitrogen and oxygen atoms in total. The fourth-order valence-electron chi connectivity index (χ4n) is 4.23. The molecule has 5 heteroatoms. The number of fused-ring (bicyclic) bond motifs is 1. The molecule has 4 aromatic rings. The van der Waals surface area contributed by atoms with Gasteiger partial charge in [0, 0.05) is 6.04 Å². The third-order valence-corrected chi connectivity index (χ3v) is 6.13. The van der Waals surface area contributed by atoms with Crippen molar-refractivity contribution in [3.8, 4) is 16.9 Å². The lowest BCUT2D eigenvalue weighted by Gasteiger charge is -2.16. The van der Waals surface area contributed by atoms with Gasteiger partial charge in [0.2, 0.25) is 0 Å². The van der Waals surface area contributed by atoms with Crippen molar-refractivity contribution in [1.29, 1.82) is 0 Å². The van der Waals surface area contributed by atoms with Gasteiger partial charge in [-0.1, -0.05) is 60.7 Å². The Kier molecular flexibility index (Phi) is 7.23. The van der Waals surface area contributed by atoms with Crippen molar-refractivity contribution in [2.45, 2.75) is 32.0 Å². The van der Waals surface area contributed by atoms with Crippen molar-refractivity contribution in [1.82, 2.24) is 5.32 Å². The predicted molar refractivity (Wildman–Crippen MR) is 132 cm³/mol. The van der Waals surface area contributed by atoms with Crippen LogP contribution in [-0.4, -0.2) is 13.7 Å². The van der Waals surface area contributed by atoms with Crippen LogP contribution in [0.5, 0.6) is 5.75 Å². The van der Waals surface area contributed by atoms with E-state index in [-0.39, 0.29) is 6.04 Å². The Morgan fingerprint density at radius 3 is 2.38 bits per heavy atom. The molecule has 4 aromatic carbocycles. The molecule has 0 amide bonds. The zero-order valence-corrected chi connectivity index (χ0v) is 19.3. The molecule has 0 aliphatic carbocycles. The Morgan fingerprint density at radius 2 is 1.65 bits per heavy atom. The summed E-state index contributed by atoms with van der Waals surface area (Å²) >= 11 is 0. The van der Waals surface area contributed by atoms with Gasteiger partial charge in [0.05, 0.1) is 12.7 Å². The Morgan fingerprint density at radius 1 is 0.882 bits per heavy atom. The molecule has 0 spiro atoms. The average Bonchev–Trinajstić information content (AvgIpc) is 2.85. The molecule has 0 heterocycles. The molecule has 1 N–H and O–H groups in total. The molecule has 176 valence electrons. The highest BCUT2D eigenvalue weighted by Crippen LogP contribution is 2.34. The second kappa shape index (κ2) is 10.3. The summed E-state index contributed by atoms with van der Waals surface area (Å²) in [5.74, 6) is 0.845. The van der Waals surface area contributed by atoms with E-state index >= 15 is 0 Å². The van der Waals surface area contributed by atoms with Crippen LogP contribution in [0.25, 0.3) is 21.9 Å². The van der Waals surface area contributed by atoms with Crippen LogP contribution in [0.3, 0.4) is 0 Å². The lowest BCUT2D eigenvalue weighted by atomic mass is 9.93. The van der Waals surface area contributed by atoms with Crippen LogP contribution in [0.4, 0.5) is 13.2 Å². The summed E-state index contributed by atoms with van der Waals surface area (Å²) in [5, 5.41) is 5.69. The van der Waals surface area contributed by atoms with Crippen LogP contribution in [0.15, 0.2) is 84.9 Å². The minimum atomic E-state index is -4.34. The van der Waals surface area contributed by atoms with Crippen LogP contribution in [0.1, 0.15) is 36.1 Å². The molecule has 4 rings (SSSR count). The second-order valence-electron chi connectivity index (χ2n) is 8.50. The summed E-state index contributed by atoms with van der Waals surface area (Å²) in [6.45, 7) is 2.98. The summed E-state index contributed by atoms with van der Waals surface area (Å²) in [4.78, 5) is 0. The first-order valence-corrected chi connectivity index (χ1v) is 11.4. The number of hydrogen-bond donors (Lipinski definition) is 1. The van der Waals surface area contributed by atoms with Crippen LogP contribution in [0, 0.1) is 0 Å². The highest BCUT2D eigenvalue weighted by atomic mass is 19.4. The van der Waals surface area contributed by atoms with Crippen molar-refractivity contribution in [3.05, 3.63) is 102 Å². The summed E-state index contributed by atoms with van der Waals surface area (Å²) in [7, 11) is 1.67. The fourth-order valence-corrected chi connectivity index (χ4v) is 4.23. The maximum atomic E-state index is 13.0. The van der Waals surface area contributed by atoms with E-state index in [9.17, 15) is 13.2 Å². The lowest BCUT2D eigenvalue weighted by Crippen LogP contribution is -2.20. The minimum Gasteiger partial charge on any atom is -0.497 e. The van der Waals surface area contributed by atoms with E-state index in [1.807, 2.05) is 36.4 Å². The zero-order valence-electron chi connectivity index (χ0n) is 19.3. The number of ether oxygens (including phenoxy) is 1. The molecule has 0 aromatic heterocycles. The number of alkyl halides is 3. The Bertz CT molecular complexity index is 1250. The van der Waals surface area contributed by atoms with Gasteiger partial charge in [-0.25, -0.2) is 0 Å². The Labute approximate surface area is 198 Å². The molecule has 34 heavy (non-hydrogen) atoms. The largest absolute Gasteiger partial charge is 0.497 e. The fraction of sp³-hybridized carbons (Fsp3) is 0.241. The molecule has 0 saturated carbocycles. The first-order chi connectivity index (χ1) is 16.3. The summed E-state index contributed by atoms with van der Waals surface area (Å²) in [5.41, 5.74) is 3.46. The molecule has 0 radical (unpaired) electrons. The van der Waals surface area contributed by atoms with E-state index in [0.29, 0.717) is 0 Å². The molecular formula is C29H28F3NO. The Balaban J connectivity index is 1.48. The monoisotopic (exact) mass is 463 g/mol. The summed E-state index contributed by atoms with van der Waals surface area (Å²) < 4.78 is 44.3. The lowest BCUT2D eigenvalue weighted by molar-refractivity contribution is -0.137. The van der Waals surface area contributed by atoms with Gasteiger partial charge in [-0.2, -0.15) is 13.2 Å². The summed E-state index contributed by atoms with van der Waals surface area (Å²) in [6, 6.07) is 26.0. The number of methoxy groups -OCH3 is 1. The van der Waals surface area contributed by atoms with E-state index in [1.165, 1.54) is 11.1 Å². The second-order valence-corrected chi connectivity index (χ2v) is 8.50. The third kappa shape index (κ3) is 5.60. The first kappa shape index (κ1) is 23.8. The van der Waals surface area contributed by atoms with Crippen molar-refractivity contribution < 1.29 is 17.9 Å². The maximum absolute atomic E-state index is 13.0. The molecule has 0 aliphatic rings. The van der Waals surface area contributed by atoms with E-state index < -0.39 is 11.7 Å². The van der Waals surface area contributed by atoms with Crippen molar-refractivity contribution >= 4 is 10.8 Å². The van der Waals surface area contributed by atoms with Gasteiger partial charge in [0.15, 0.2) is 0 Å². The van der Waals surface area contributed by atoms with Gasteiger partial charge in [-0.15, -0.1) is 0 Å². The predicted octanol–water partition coefficient (Wildman–Crippen LogP) is 7.82. The van der Waals surface area contributed by atoms with Crippen LogP contribution in [0.2, 0.25) is 0 Å². The maximum Gasteiger partial charge on any atom is 0.416 e. The Hall–Kier alpha value is -3.31. The number of aryl methyl sites for hydroxylation is 1. The van der Waals surface area contributed by atoms with Gasteiger partial charge in [0.25, 0.3) is 0 Å². The van der Waals surface area contributed by atoms with E-state index in [2.05, 4.69) is 36.5 Å². The highest BCUT2D eigenvalue weighted by Gasteiger charge is 2.30. The highest BCUT2D eigenvalue weighted by molar-refractivity contribution is 5.97. The quantitative estimate of drug-likeness (QED) is 0.269. The van der Waals surface area contributed by atoms with E-state index in [0.717, 1.165) is 59.2 Å². The third-order valence-electron chi connectivity index (χ3n) is 6.13. The van der Waals surface area contributed by atoms with Crippen LogP contribution in [-0.2, 0) is 12.6 Å². The smallest absolute Gasteiger partial charge is 0.416 e. The zero-order chi connectivity index (χ0) is 24.1. The average molecular weight is 464 g/mol. The van der Waals surface area contributed by atoms with Gasteiger partial charge in [-0.3, -0.25) is 0 Å². The van der Waals surface area contributed by atoms with E-state index in [4.69, 9.17) is 4.74 Å². The first-order valence-electron chi connectivity index (χ1n) is 11.4. The molecule has 1 atom stereocenters. The number of benzene rings is 4. The number of hydrogen-bond acceptors (Lipinski definition) is 2. The molecule has 1 unspecified atom stereocenters. The van der Waals surface area contributed by atoms with E-state index in [1.54, 1.807) is 19.2 Å². The standard InChI is InChI=1S/C29H28F3NO/c1-20(23-9-5-10-26(19-23)34-2)33-16-6-7-21-17-24-8-3-4-11-27(24)28(18-21)22-12-14-25(15-13-22)29(30,31)32/h3-5,8-15,17-20,33H,6-7,16H2,1-2H3. The molecule has 0 bridgehead atoms. The normalized spacial score (nSPS) is 12.6. The SMILES string of the molecule is COc1cccc(C(C)NCCCc2cc(-c3ccc(C(F)(F)F)cc3)c3ccccc3c2)c1. The summed E-state index contributed by atoms with van der Waals surface area (Å²) in [6.07, 6.45) is -2.52. The number of nitrogens with one attached hydrogen (secondary N) is 1. The van der Waals surface area contributed by atoms with Crippen molar-refractivity contribution in [2.24, 2.45) is 0 Å². The van der Waals surface area contributed by atoms with Gasteiger partial charge in [0.1, 0.15) is 5.75 Å². The molecule has 0 fully saturated rings. The molecular weight excluding hydrogens is 435 g/mol. The van der Waals surface area contributed by atoms with Gasteiger partial charge < -0.3 is 10.1 Å². The topological polar surface area (TPSA) is 21.3 Å². The molecule has 0 aliphatic heterocycles. The minimum absolute atomic E-state index is 0.203.